The Hall–Kier alpha value is -2.03. The molecule has 0 atom stereocenters. The number of ether oxygens (including phenoxy) is 2. The quantitative estimate of drug-likeness (QED) is 0.747. The predicted octanol–water partition coefficient (Wildman–Crippen LogP) is 2.98. The lowest BCUT2D eigenvalue weighted by atomic mass is 10.0. The van der Waals surface area contributed by atoms with Crippen molar-refractivity contribution in [3.05, 3.63) is 59.1 Å². The first kappa shape index (κ1) is 12.4. The second kappa shape index (κ2) is 6.05. The van der Waals surface area contributed by atoms with Crippen LogP contribution in [0, 0.1) is 0 Å². The maximum atomic E-state index is 11.0. The van der Waals surface area contributed by atoms with Gasteiger partial charge >= 0.3 is 0 Å². The van der Waals surface area contributed by atoms with Crippen molar-refractivity contribution < 1.29 is 14.3 Å². The molecule has 0 aromatic heterocycles. The zero-order chi connectivity index (χ0) is 12.8. The molecular weight excluding hydrogens is 228 g/mol. The largest absolute Gasteiger partial charge is 0.493 e. The lowest BCUT2D eigenvalue weighted by molar-refractivity contribution is -0.105. The van der Waals surface area contributed by atoms with Crippen LogP contribution in [0.15, 0.2) is 53.5 Å². The average Bonchev–Trinajstić information content (AvgIpc) is 2.45. The van der Waals surface area contributed by atoms with Gasteiger partial charge in [-0.25, -0.2) is 0 Å². The zero-order valence-electron chi connectivity index (χ0n) is 10.4. The summed E-state index contributed by atoms with van der Waals surface area (Å²) in [6.45, 7) is 0.439. The normalized spacial score (nSPS) is 15.1. The van der Waals surface area contributed by atoms with Gasteiger partial charge in [0, 0.05) is 5.57 Å². The van der Waals surface area contributed by atoms with Crippen molar-refractivity contribution in [1.29, 1.82) is 0 Å². The molecule has 0 N–H and O–H groups in total. The van der Waals surface area contributed by atoms with Gasteiger partial charge in [-0.2, -0.15) is 0 Å². The molecule has 94 valence electrons. The fourth-order valence-electron chi connectivity index (χ4n) is 1.91. The van der Waals surface area contributed by atoms with Crippen LogP contribution < -0.4 is 0 Å². The summed E-state index contributed by atoms with van der Waals surface area (Å²) in [7, 11) is 1.59. The number of allylic oxidation sites excluding steroid dienone is 2. The summed E-state index contributed by atoms with van der Waals surface area (Å²) >= 11 is 0. The molecule has 0 heterocycles. The van der Waals surface area contributed by atoms with Crippen molar-refractivity contribution >= 4 is 6.29 Å². The Morgan fingerprint density at radius 2 is 2.06 bits per heavy atom. The van der Waals surface area contributed by atoms with Crippen LogP contribution in [0.2, 0.25) is 0 Å². The van der Waals surface area contributed by atoms with E-state index in [0.29, 0.717) is 30.1 Å². The van der Waals surface area contributed by atoms with Gasteiger partial charge in [-0.3, -0.25) is 4.79 Å². The molecule has 2 rings (SSSR count). The van der Waals surface area contributed by atoms with Crippen LogP contribution in [0.5, 0.6) is 0 Å². The van der Waals surface area contributed by atoms with E-state index in [1.54, 1.807) is 7.11 Å². The highest BCUT2D eigenvalue weighted by Gasteiger charge is 2.18. The van der Waals surface area contributed by atoms with Crippen molar-refractivity contribution in [3.8, 4) is 0 Å². The summed E-state index contributed by atoms with van der Waals surface area (Å²) in [4.78, 5) is 11.0. The number of carbonyl (C=O) groups is 1. The van der Waals surface area contributed by atoms with Crippen LogP contribution >= 0.6 is 0 Å². The Morgan fingerprint density at radius 1 is 1.28 bits per heavy atom. The molecule has 1 aliphatic rings. The number of hydrogen-bond donors (Lipinski definition) is 0. The molecule has 0 fully saturated rings. The van der Waals surface area contributed by atoms with Crippen molar-refractivity contribution in [2.45, 2.75) is 19.4 Å². The van der Waals surface area contributed by atoms with Crippen LogP contribution in [0.4, 0.5) is 0 Å². The first-order valence-corrected chi connectivity index (χ1v) is 5.94. The molecule has 1 aliphatic carbocycles. The summed E-state index contributed by atoms with van der Waals surface area (Å²) in [6, 6.07) is 9.85. The van der Waals surface area contributed by atoms with Crippen molar-refractivity contribution in [3.63, 3.8) is 0 Å². The third-order valence-electron chi connectivity index (χ3n) is 2.85. The molecule has 0 aliphatic heterocycles. The highest BCUT2D eigenvalue weighted by atomic mass is 16.5. The number of rotatable bonds is 5. The fourth-order valence-corrected chi connectivity index (χ4v) is 1.91. The van der Waals surface area contributed by atoms with Gasteiger partial charge in [0.1, 0.15) is 12.9 Å². The highest BCUT2D eigenvalue weighted by Crippen LogP contribution is 2.26. The Balaban J connectivity index is 2.12. The summed E-state index contributed by atoms with van der Waals surface area (Å²) in [6.07, 6.45) is 4.33. The van der Waals surface area contributed by atoms with E-state index in [0.717, 1.165) is 18.3 Å². The number of carbonyl (C=O) groups excluding carboxylic acids is 1. The minimum Gasteiger partial charge on any atom is -0.493 e. The first-order valence-electron chi connectivity index (χ1n) is 5.94. The van der Waals surface area contributed by atoms with Crippen LogP contribution in [0.3, 0.4) is 0 Å². The molecule has 0 saturated carbocycles. The second-order valence-electron chi connectivity index (χ2n) is 4.06. The molecule has 3 nitrogen and oxygen atoms in total. The molecule has 0 unspecified atom stereocenters. The minimum atomic E-state index is 0.439. The molecule has 0 radical (unpaired) electrons. The Morgan fingerprint density at radius 3 is 2.72 bits per heavy atom. The van der Waals surface area contributed by atoms with Gasteiger partial charge in [-0.1, -0.05) is 30.3 Å². The summed E-state index contributed by atoms with van der Waals surface area (Å²) in [5.74, 6) is 1.22. The first-order chi connectivity index (χ1) is 8.85. The molecule has 0 spiro atoms. The third-order valence-corrected chi connectivity index (χ3v) is 2.85. The molecule has 3 heteroatoms. The van der Waals surface area contributed by atoms with E-state index >= 15 is 0 Å². The maximum absolute atomic E-state index is 11.0. The molecule has 1 aromatic carbocycles. The van der Waals surface area contributed by atoms with E-state index in [9.17, 15) is 4.79 Å². The Kier molecular flexibility index (Phi) is 4.18. The Bertz CT molecular complexity index is 472. The van der Waals surface area contributed by atoms with Crippen molar-refractivity contribution in [2.24, 2.45) is 0 Å². The number of aldehydes is 1. The predicted molar refractivity (Wildman–Crippen MR) is 68.6 cm³/mol. The Labute approximate surface area is 107 Å². The van der Waals surface area contributed by atoms with Gasteiger partial charge < -0.3 is 9.47 Å². The van der Waals surface area contributed by atoms with E-state index in [4.69, 9.17) is 9.47 Å². The van der Waals surface area contributed by atoms with Gasteiger partial charge in [0.05, 0.1) is 7.11 Å². The SMILES string of the molecule is COC1=CCCC(C=O)=C1OCc1ccccc1. The van der Waals surface area contributed by atoms with Crippen LogP contribution in [-0.4, -0.2) is 13.4 Å². The fraction of sp³-hybridized carbons (Fsp3) is 0.267. The second-order valence-corrected chi connectivity index (χ2v) is 4.06. The number of methoxy groups -OCH3 is 1. The van der Waals surface area contributed by atoms with Gasteiger partial charge in [0.25, 0.3) is 0 Å². The van der Waals surface area contributed by atoms with E-state index in [1.807, 2.05) is 36.4 Å². The molecular formula is C15H16O3. The number of benzene rings is 1. The van der Waals surface area contributed by atoms with Crippen LogP contribution in [0.25, 0.3) is 0 Å². The van der Waals surface area contributed by atoms with E-state index in [-0.39, 0.29) is 0 Å². The van der Waals surface area contributed by atoms with Crippen LogP contribution in [-0.2, 0) is 20.9 Å². The third kappa shape index (κ3) is 2.80. The molecule has 18 heavy (non-hydrogen) atoms. The molecule has 0 amide bonds. The summed E-state index contributed by atoms with van der Waals surface area (Å²) in [5.41, 5.74) is 1.74. The lowest BCUT2D eigenvalue weighted by Gasteiger charge is -2.18. The van der Waals surface area contributed by atoms with Gasteiger partial charge in [0.2, 0.25) is 0 Å². The van der Waals surface area contributed by atoms with E-state index in [1.165, 1.54) is 0 Å². The molecule has 0 bridgehead atoms. The van der Waals surface area contributed by atoms with E-state index < -0.39 is 0 Å². The molecule has 0 saturated heterocycles. The zero-order valence-corrected chi connectivity index (χ0v) is 10.4. The average molecular weight is 244 g/mol. The summed E-state index contributed by atoms with van der Waals surface area (Å²) < 4.78 is 11.0. The van der Waals surface area contributed by atoms with Crippen molar-refractivity contribution in [2.75, 3.05) is 7.11 Å². The minimum absolute atomic E-state index is 0.439. The number of hydrogen-bond acceptors (Lipinski definition) is 3. The molecule has 1 aromatic rings. The monoisotopic (exact) mass is 244 g/mol. The summed E-state index contributed by atoms with van der Waals surface area (Å²) in [5, 5.41) is 0. The smallest absolute Gasteiger partial charge is 0.167 e. The van der Waals surface area contributed by atoms with E-state index in [2.05, 4.69) is 0 Å². The van der Waals surface area contributed by atoms with Crippen molar-refractivity contribution in [1.82, 2.24) is 0 Å². The maximum Gasteiger partial charge on any atom is 0.167 e. The highest BCUT2D eigenvalue weighted by molar-refractivity contribution is 5.75. The lowest BCUT2D eigenvalue weighted by Crippen LogP contribution is -2.08. The standard InChI is InChI=1S/C15H16O3/c1-17-14-9-5-8-13(10-16)15(14)18-11-12-6-3-2-4-7-12/h2-4,6-7,9-10H,5,8,11H2,1H3. The van der Waals surface area contributed by atoms with Gasteiger partial charge in [0.15, 0.2) is 11.5 Å². The topological polar surface area (TPSA) is 35.5 Å². The van der Waals surface area contributed by atoms with Gasteiger partial charge in [-0.05, 0) is 24.5 Å². The van der Waals surface area contributed by atoms with Gasteiger partial charge in [-0.15, -0.1) is 0 Å². The van der Waals surface area contributed by atoms with Crippen LogP contribution in [0.1, 0.15) is 18.4 Å².